The van der Waals surface area contributed by atoms with Crippen LogP contribution in [-0.4, -0.2) is 62.4 Å². The first-order valence-corrected chi connectivity index (χ1v) is 8.78. The first-order valence-electron chi connectivity index (χ1n) is 6.89. The van der Waals surface area contributed by atoms with E-state index in [1.165, 1.54) is 11.0 Å². The number of rotatable bonds is 4. The largest absolute Gasteiger partial charge is 0.479 e. The highest BCUT2D eigenvalue weighted by atomic mass is 32.2. The average Bonchev–Trinajstić information content (AvgIpc) is 2.47. The molecule has 23 heavy (non-hydrogen) atoms. The summed E-state index contributed by atoms with van der Waals surface area (Å²) in [6, 6.07) is 4.66. The first kappa shape index (κ1) is 17.2. The maximum absolute atomic E-state index is 12.5. The third-order valence-corrected chi connectivity index (χ3v) is 4.00. The van der Waals surface area contributed by atoms with E-state index in [2.05, 4.69) is 4.72 Å². The molecule has 1 aromatic carbocycles. The summed E-state index contributed by atoms with van der Waals surface area (Å²) in [6.07, 6.45) is -0.0212. The minimum atomic E-state index is -3.46. The fraction of sp³-hybridized carbons (Fsp3) is 0.429. The van der Waals surface area contributed by atoms with Gasteiger partial charge in [-0.2, -0.15) is 0 Å². The Morgan fingerprint density at radius 1 is 1.39 bits per heavy atom. The summed E-state index contributed by atoms with van der Waals surface area (Å²) >= 11 is 0. The van der Waals surface area contributed by atoms with Crippen molar-refractivity contribution < 1.29 is 27.9 Å². The Kier molecular flexibility index (Phi) is 4.90. The van der Waals surface area contributed by atoms with Gasteiger partial charge in [-0.05, 0) is 24.6 Å². The van der Waals surface area contributed by atoms with E-state index in [9.17, 15) is 18.0 Å². The Bertz CT molecular complexity index is 731. The predicted octanol–water partition coefficient (Wildman–Crippen LogP) is 0.292. The Morgan fingerprint density at radius 3 is 2.70 bits per heavy atom. The molecule has 8 nitrogen and oxygen atoms in total. The van der Waals surface area contributed by atoms with Crippen LogP contribution in [0.5, 0.6) is 0 Å². The number of hydrogen-bond donors (Lipinski definition) is 2. The minimum Gasteiger partial charge on any atom is -0.479 e. The lowest BCUT2D eigenvalue weighted by Crippen LogP contribution is -2.48. The van der Waals surface area contributed by atoms with Gasteiger partial charge in [0.05, 0.1) is 25.1 Å². The second-order valence-corrected chi connectivity index (χ2v) is 7.10. The molecule has 1 amide bonds. The van der Waals surface area contributed by atoms with Crippen LogP contribution in [0.15, 0.2) is 18.2 Å². The Morgan fingerprint density at radius 2 is 2.09 bits per heavy atom. The highest BCUT2D eigenvalue weighted by molar-refractivity contribution is 7.92. The summed E-state index contributed by atoms with van der Waals surface area (Å²) in [6.45, 7) is 2.10. The molecule has 2 rings (SSSR count). The van der Waals surface area contributed by atoms with Crippen LogP contribution in [0, 0.1) is 6.92 Å². The molecule has 2 N–H and O–H groups in total. The molecule has 126 valence electrons. The predicted molar refractivity (Wildman–Crippen MR) is 82.9 cm³/mol. The van der Waals surface area contributed by atoms with Crippen molar-refractivity contribution in [1.29, 1.82) is 0 Å². The Labute approximate surface area is 134 Å². The molecule has 0 aliphatic carbocycles. The zero-order valence-electron chi connectivity index (χ0n) is 12.8. The van der Waals surface area contributed by atoms with Gasteiger partial charge in [-0.25, -0.2) is 13.2 Å². The molecule has 1 saturated heterocycles. The Hall–Kier alpha value is -2.13. The quantitative estimate of drug-likeness (QED) is 0.813. The molecule has 1 unspecified atom stereocenters. The number of nitrogens with zero attached hydrogens (tertiary/aromatic N) is 1. The summed E-state index contributed by atoms with van der Waals surface area (Å²) in [4.78, 5) is 24.9. The number of amides is 1. The van der Waals surface area contributed by atoms with Gasteiger partial charge < -0.3 is 14.7 Å². The number of nitrogens with one attached hydrogen (secondary N) is 1. The first-order chi connectivity index (χ1) is 10.7. The van der Waals surface area contributed by atoms with Gasteiger partial charge in [0.25, 0.3) is 5.91 Å². The monoisotopic (exact) mass is 342 g/mol. The van der Waals surface area contributed by atoms with E-state index >= 15 is 0 Å². The lowest BCUT2D eigenvalue weighted by Gasteiger charge is -2.31. The lowest BCUT2D eigenvalue weighted by molar-refractivity contribution is -0.154. The van der Waals surface area contributed by atoms with Gasteiger partial charge in [0.2, 0.25) is 10.0 Å². The fourth-order valence-electron chi connectivity index (χ4n) is 2.23. The van der Waals surface area contributed by atoms with Crippen molar-refractivity contribution in [2.45, 2.75) is 13.0 Å². The molecule has 1 aliphatic rings. The molecule has 0 radical (unpaired) electrons. The third kappa shape index (κ3) is 4.42. The fourth-order valence-corrected chi connectivity index (χ4v) is 2.85. The van der Waals surface area contributed by atoms with Crippen LogP contribution in [0.4, 0.5) is 5.69 Å². The van der Waals surface area contributed by atoms with Crippen molar-refractivity contribution in [2.75, 3.05) is 30.7 Å². The summed E-state index contributed by atoms with van der Waals surface area (Å²) < 4.78 is 30.2. The van der Waals surface area contributed by atoms with E-state index in [0.717, 1.165) is 6.26 Å². The van der Waals surface area contributed by atoms with Gasteiger partial charge in [-0.1, -0.05) is 6.07 Å². The number of sulfonamides is 1. The number of aliphatic carboxylic acids is 1. The number of ether oxygens (including phenoxy) is 1. The van der Waals surface area contributed by atoms with E-state index in [1.807, 2.05) is 0 Å². The van der Waals surface area contributed by atoms with Gasteiger partial charge in [0.15, 0.2) is 6.10 Å². The van der Waals surface area contributed by atoms with Gasteiger partial charge in [-0.15, -0.1) is 0 Å². The summed E-state index contributed by atoms with van der Waals surface area (Å²) in [7, 11) is -3.46. The molecule has 1 fully saturated rings. The summed E-state index contributed by atoms with van der Waals surface area (Å²) in [5.74, 6) is -1.48. The maximum atomic E-state index is 12.5. The van der Waals surface area contributed by atoms with Crippen molar-refractivity contribution in [3.63, 3.8) is 0 Å². The van der Waals surface area contributed by atoms with Crippen molar-refractivity contribution in [3.05, 3.63) is 29.3 Å². The molecule has 1 aliphatic heterocycles. The van der Waals surface area contributed by atoms with Crippen molar-refractivity contribution in [1.82, 2.24) is 4.90 Å². The van der Waals surface area contributed by atoms with E-state index < -0.39 is 22.1 Å². The number of aryl methyl sites for hydroxylation is 1. The molecule has 1 heterocycles. The van der Waals surface area contributed by atoms with E-state index in [4.69, 9.17) is 9.84 Å². The van der Waals surface area contributed by atoms with E-state index in [-0.39, 0.29) is 31.2 Å². The summed E-state index contributed by atoms with van der Waals surface area (Å²) in [5, 5.41) is 8.98. The number of carboxylic acid groups (broad SMARTS) is 1. The maximum Gasteiger partial charge on any atom is 0.334 e. The molecule has 0 aromatic heterocycles. The number of anilines is 1. The smallest absolute Gasteiger partial charge is 0.334 e. The molecule has 1 aromatic rings. The number of benzene rings is 1. The van der Waals surface area contributed by atoms with Crippen LogP contribution >= 0.6 is 0 Å². The standard InChI is InChI=1S/C14H18N2O6S/c1-9-3-4-10(7-11(9)15-23(2,20)21)13(17)16-5-6-22-12(8-16)14(18)19/h3-4,7,12,15H,5-6,8H2,1-2H3,(H,18,19). The highest BCUT2D eigenvalue weighted by Crippen LogP contribution is 2.20. The SMILES string of the molecule is Cc1ccc(C(=O)N2CCOC(C(=O)O)C2)cc1NS(C)(=O)=O. The molecule has 0 spiro atoms. The van der Waals surface area contributed by atoms with Crippen LogP contribution in [0.2, 0.25) is 0 Å². The molecular weight excluding hydrogens is 324 g/mol. The van der Waals surface area contributed by atoms with Crippen molar-refractivity contribution in [3.8, 4) is 0 Å². The molecular formula is C14H18N2O6S. The minimum absolute atomic E-state index is 0.0448. The van der Waals surface area contributed by atoms with Crippen LogP contribution in [0.25, 0.3) is 0 Å². The van der Waals surface area contributed by atoms with Crippen LogP contribution in [0.3, 0.4) is 0 Å². The number of hydrogen-bond acceptors (Lipinski definition) is 5. The number of carbonyl (C=O) groups is 2. The van der Waals surface area contributed by atoms with Crippen molar-refractivity contribution >= 4 is 27.6 Å². The zero-order chi connectivity index (χ0) is 17.2. The van der Waals surface area contributed by atoms with Crippen LogP contribution < -0.4 is 4.72 Å². The highest BCUT2D eigenvalue weighted by Gasteiger charge is 2.29. The van der Waals surface area contributed by atoms with Crippen LogP contribution in [0.1, 0.15) is 15.9 Å². The zero-order valence-corrected chi connectivity index (χ0v) is 13.6. The van der Waals surface area contributed by atoms with E-state index in [1.54, 1.807) is 19.1 Å². The third-order valence-electron chi connectivity index (χ3n) is 3.41. The van der Waals surface area contributed by atoms with E-state index in [0.29, 0.717) is 11.3 Å². The summed E-state index contributed by atoms with van der Waals surface area (Å²) in [5.41, 5.74) is 1.28. The average molecular weight is 342 g/mol. The van der Waals surface area contributed by atoms with Gasteiger partial charge in [0, 0.05) is 12.1 Å². The number of carboxylic acids is 1. The number of carbonyl (C=O) groups excluding carboxylic acids is 1. The lowest BCUT2D eigenvalue weighted by atomic mass is 10.1. The molecule has 1 atom stereocenters. The normalized spacial score (nSPS) is 18.5. The molecule has 0 saturated carbocycles. The van der Waals surface area contributed by atoms with Crippen LogP contribution in [-0.2, 0) is 19.6 Å². The van der Waals surface area contributed by atoms with Gasteiger partial charge in [0.1, 0.15) is 0 Å². The van der Waals surface area contributed by atoms with Gasteiger partial charge in [-0.3, -0.25) is 9.52 Å². The molecule has 0 bridgehead atoms. The second kappa shape index (κ2) is 6.55. The molecule has 9 heteroatoms. The topological polar surface area (TPSA) is 113 Å². The van der Waals surface area contributed by atoms with Crippen molar-refractivity contribution in [2.24, 2.45) is 0 Å². The second-order valence-electron chi connectivity index (χ2n) is 5.35. The Balaban J connectivity index is 2.22. The van der Waals surface area contributed by atoms with Gasteiger partial charge >= 0.3 is 5.97 Å². The number of morpholine rings is 1.